The highest BCUT2D eigenvalue weighted by Gasteiger charge is 2.17. The molecule has 1 amide bonds. The van der Waals surface area contributed by atoms with Crippen LogP contribution in [0, 0.1) is 0 Å². The first-order chi connectivity index (χ1) is 17.1. The zero-order valence-corrected chi connectivity index (χ0v) is 21.2. The van der Waals surface area contributed by atoms with E-state index in [1.54, 1.807) is 18.2 Å². The number of hydrazone groups is 1. The second-order valence-corrected chi connectivity index (χ2v) is 9.05. The van der Waals surface area contributed by atoms with E-state index in [2.05, 4.69) is 36.7 Å². The normalized spacial score (nSPS) is 11.0. The van der Waals surface area contributed by atoms with Crippen molar-refractivity contribution < 1.29 is 14.6 Å². The Balaban J connectivity index is 1.47. The third-order valence-electron chi connectivity index (χ3n) is 4.81. The lowest BCUT2D eigenvalue weighted by Gasteiger charge is -2.10. The summed E-state index contributed by atoms with van der Waals surface area (Å²) in [7, 11) is 0. The first-order valence-electron chi connectivity index (χ1n) is 10.7. The van der Waals surface area contributed by atoms with Crippen molar-refractivity contribution in [2.45, 2.75) is 12.1 Å². The van der Waals surface area contributed by atoms with Gasteiger partial charge in [-0.15, -0.1) is 10.2 Å². The van der Waals surface area contributed by atoms with Gasteiger partial charge in [0, 0.05) is 21.3 Å². The Bertz CT molecular complexity index is 1330. The van der Waals surface area contributed by atoms with Gasteiger partial charge in [0.25, 0.3) is 5.91 Å². The molecule has 4 rings (SSSR count). The van der Waals surface area contributed by atoms with Gasteiger partial charge in [-0.3, -0.25) is 9.36 Å². The molecule has 1 aromatic heterocycles. The topological polar surface area (TPSA) is 102 Å². The van der Waals surface area contributed by atoms with Crippen LogP contribution in [0.3, 0.4) is 0 Å². The van der Waals surface area contributed by atoms with Crippen LogP contribution >= 0.6 is 27.7 Å². The zero-order valence-electron chi connectivity index (χ0n) is 18.8. The molecule has 2 N–H and O–H groups in total. The number of aromatic nitrogens is 3. The SMILES string of the molecule is CCOc1cccc(C=NNC(=O)CSc2nnc(-c3ccccc3)n2-c2ccc(Br)cc2)c1O. The summed E-state index contributed by atoms with van der Waals surface area (Å²) in [6.07, 6.45) is 1.37. The van der Waals surface area contributed by atoms with Crippen LogP contribution in [-0.2, 0) is 4.79 Å². The number of amides is 1. The molecule has 0 aliphatic heterocycles. The van der Waals surface area contributed by atoms with Crippen molar-refractivity contribution in [2.24, 2.45) is 5.10 Å². The molecule has 0 saturated heterocycles. The molecule has 0 saturated carbocycles. The Morgan fingerprint density at radius 2 is 1.89 bits per heavy atom. The number of carbonyl (C=O) groups is 1. The van der Waals surface area contributed by atoms with Gasteiger partial charge in [0.05, 0.1) is 18.6 Å². The minimum Gasteiger partial charge on any atom is -0.504 e. The Labute approximate surface area is 215 Å². The van der Waals surface area contributed by atoms with Crippen molar-refractivity contribution in [3.05, 3.63) is 82.8 Å². The maximum atomic E-state index is 12.4. The molecule has 35 heavy (non-hydrogen) atoms. The number of hydrogen-bond donors (Lipinski definition) is 2. The van der Waals surface area contributed by atoms with E-state index in [1.165, 1.54) is 18.0 Å². The Kier molecular flexibility index (Phi) is 8.17. The highest BCUT2D eigenvalue weighted by atomic mass is 79.9. The number of benzene rings is 3. The van der Waals surface area contributed by atoms with E-state index in [4.69, 9.17) is 4.74 Å². The first-order valence-corrected chi connectivity index (χ1v) is 12.5. The van der Waals surface area contributed by atoms with Crippen LogP contribution in [-0.4, -0.2) is 44.4 Å². The molecule has 4 aromatic rings. The fourth-order valence-corrected chi connectivity index (χ4v) is 4.22. The summed E-state index contributed by atoms with van der Waals surface area (Å²) in [5.74, 6) is 0.764. The van der Waals surface area contributed by atoms with Crippen LogP contribution in [0.1, 0.15) is 12.5 Å². The molecule has 0 aliphatic rings. The lowest BCUT2D eigenvalue weighted by Crippen LogP contribution is -2.20. The molecule has 8 nitrogen and oxygen atoms in total. The maximum absolute atomic E-state index is 12.4. The zero-order chi connectivity index (χ0) is 24.6. The molecular weight excluding hydrogens is 530 g/mol. The van der Waals surface area contributed by atoms with Crippen LogP contribution in [0.2, 0.25) is 0 Å². The largest absolute Gasteiger partial charge is 0.504 e. The standard InChI is InChI=1S/C25H22BrN5O3S/c1-2-34-21-10-6-9-18(23(21)33)15-27-28-22(32)16-35-25-30-29-24(17-7-4-3-5-8-17)31(25)20-13-11-19(26)12-14-20/h3-15,33H,2,16H2,1H3,(H,28,32). The van der Waals surface area contributed by atoms with Gasteiger partial charge in [-0.25, -0.2) is 5.43 Å². The van der Waals surface area contributed by atoms with Gasteiger partial charge >= 0.3 is 0 Å². The first kappa shape index (κ1) is 24.5. The molecule has 0 aliphatic carbocycles. The van der Waals surface area contributed by atoms with E-state index in [0.717, 1.165) is 15.7 Å². The third kappa shape index (κ3) is 6.09. The van der Waals surface area contributed by atoms with Crippen LogP contribution in [0.25, 0.3) is 17.1 Å². The van der Waals surface area contributed by atoms with Crippen molar-refractivity contribution in [3.8, 4) is 28.6 Å². The molecule has 178 valence electrons. The maximum Gasteiger partial charge on any atom is 0.250 e. The second-order valence-electron chi connectivity index (χ2n) is 7.19. The van der Waals surface area contributed by atoms with Crippen molar-refractivity contribution in [1.29, 1.82) is 0 Å². The van der Waals surface area contributed by atoms with Gasteiger partial charge in [0.1, 0.15) is 0 Å². The minimum atomic E-state index is -0.321. The fraction of sp³-hybridized carbons (Fsp3) is 0.120. The predicted octanol–water partition coefficient (Wildman–Crippen LogP) is 5.04. The number of carbonyl (C=O) groups excluding carboxylic acids is 1. The number of nitrogens with zero attached hydrogens (tertiary/aromatic N) is 4. The Hall–Kier alpha value is -3.63. The highest BCUT2D eigenvalue weighted by Crippen LogP contribution is 2.29. The fourth-order valence-electron chi connectivity index (χ4n) is 3.21. The van der Waals surface area contributed by atoms with Gasteiger partial charge in [-0.2, -0.15) is 5.10 Å². The summed E-state index contributed by atoms with van der Waals surface area (Å²) in [5, 5.41) is 23.5. The molecule has 0 unspecified atom stereocenters. The van der Waals surface area contributed by atoms with Gasteiger partial charge in [-0.05, 0) is 43.3 Å². The molecule has 10 heteroatoms. The average Bonchev–Trinajstić information content (AvgIpc) is 3.30. The van der Waals surface area contributed by atoms with Crippen molar-refractivity contribution in [3.63, 3.8) is 0 Å². The summed E-state index contributed by atoms with van der Waals surface area (Å²) in [6.45, 7) is 2.26. The number of thioether (sulfide) groups is 1. The molecule has 0 bridgehead atoms. The Morgan fingerprint density at radius 1 is 1.11 bits per heavy atom. The van der Waals surface area contributed by atoms with E-state index in [1.807, 2.05) is 66.1 Å². The molecule has 0 radical (unpaired) electrons. The number of phenolic OH excluding ortho intramolecular Hbond substituents is 1. The van der Waals surface area contributed by atoms with Crippen molar-refractivity contribution >= 4 is 39.8 Å². The van der Waals surface area contributed by atoms with Gasteiger partial charge in [-0.1, -0.05) is 64.1 Å². The number of halogens is 1. The summed E-state index contributed by atoms with van der Waals surface area (Å²) >= 11 is 4.71. The molecule has 0 atom stereocenters. The summed E-state index contributed by atoms with van der Waals surface area (Å²) in [5.41, 5.74) is 4.71. The Morgan fingerprint density at radius 3 is 2.63 bits per heavy atom. The summed E-state index contributed by atoms with van der Waals surface area (Å²) in [4.78, 5) is 12.4. The number of nitrogens with one attached hydrogen (secondary N) is 1. The third-order valence-corrected chi connectivity index (χ3v) is 6.26. The highest BCUT2D eigenvalue weighted by molar-refractivity contribution is 9.10. The van der Waals surface area contributed by atoms with Gasteiger partial charge < -0.3 is 9.84 Å². The van der Waals surface area contributed by atoms with E-state index in [9.17, 15) is 9.90 Å². The number of para-hydroxylation sites is 1. The molecule has 1 heterocycles. The number of rotatable bonds is 9. The average molecular weight is 552 g/mol. The van der Waals surface area contributed by atoms with E-state index < -0.39 is 0 Å². The molecule has 0 fully saturated rings. The molecule has 3 aromatic carbocycles. The minimum absolute atomic E-state index is 0.0298. The number of phenols is 1. The van der Waals surface area contributed by atoms with Crippen LogP contribution < -0.4 is 10.2 Å². The quantitative estimate of drug-likeness (QED) is 0.171. The van der Waals surface area contributed by atoms with E-state index >= 15 is 0 Å². The smallest absolute Gasteiger partial charge is 0.250 e. The number of aromatic hydroxyl groups is 1. The summed E-state index contributed by atoms with van der Waals surface area (Å²) < 4.78 is 8.24. The van der Waals surface area contributed by atoms with Crippen LogP contribution in [0.4, 0.5) is 0 Å². The lowest BCUT2D eigenvalue weighted by molar-refractivity contribution is -0.118. The number of ether oxygens (including phenoxy) is 1. The van der Waals surface area contributed by atoms with Crippen LogP contribution in [0.15, 0.2) is 87.5 Å². The lowest BCUT2D eigenvalue weighted by atomic mass is 10.2. The molecule has 0 spiro atoms. The van der Waals surface area contributed by atoms with Gasteiger partial charge in [0.2, 0.25) is 0 Å². The van der Waals surface area contributed by atoms with Crippen molar-refractivity contribution in [2.75, 3.05) is 12.4 Å². The van der Waals surface area contributed by atoms with E-state index in [-0.39, 0.29) is 17.4 Å². The van der Waals surface area contributed by atoms with E-state index in [0.29, 0.717) is 28.9 Å². The van der Waals surface area contributed by atoms with Gasteiger partial charge in [0.15, 0.2) is 22.5 Å². The molecular formula is C25H22BrN5O3S. The number of hydrogen-bond acceptors (Lipinski definition) is 7. The monoisotopic (exact) mass is 551 g/mol. The second kappa shape index (κ2) is 11.7. The predicted molar refractivity (Wildman–Crippen MR) is 140 cm³/mol. The van der Waals surface area contributed by atoms with Crippen molar-refractivity contribution in [1.82, 2.24) is 20.2 Å². The summed E-state index contributed by atoms with van der Waals surface area (Å²) in [6, 6.07) is 22.6. The van der Waals surface area contributed by atoms with Crippen LogP contribution in [0.5, 0.6) is 11.5 Å².